The van der Waals surface area contributed by atoms with Gasteiger partial charge in [-0.15, -0.1) is 23.1 Å². The molecule has 1 unspecified atom stereocenters. The molecule has 1 aromatic heterocycles. The van der Waals surface area contributed by atoms with E-state index in [0.717, 1.165) is 14.7 Å². The standard InChI is InChI=1S/C12H10BrF2NS2/c13-12-4-3-10(18-12)11(6-16)17-9-2-1-7(14)5-8(9)15/h1-5,11H,6,16H2. The van der Waals surface area contributed by atoms with Crippen LogP contribution in [0.2, 0.25) is 0 Å². The normalized spacial score (nSPS) is 12.7. The third-order valence-corrected chi connectivity index (χ3v) is 5.49. The topological polar surface area (TPSA) is 26.0 Å². The van der Waals surface area contributed by atoms with Gasteiger partial charge in [-0.3, -0.25) is 0 Å². The lowest BCUT2D eigenvalue weighted by atomic mass is 10.3. The first-order chi connectivity index (χ1) is 8.60. The van der Waals surface area contributed by atoms with Crippen molar-refractivity contribution in [2.24, 2.45) is 5.73 Å². The largest absolute Gasteiger partial charge is 0.329 e. The summed E-state index contributed by atoms with van der Waals surface area (Å²) in [5, 5.41) is -0.0266. The summed E-state index contributed by atoms with van der Waals surface area (Å²) in [7, 11) is 0. The van der Waals surface area contributed by atoms with Gasteiger partial charge in [0, 0.05) is 22.4 Å². The smallest absolute Gasteiger partial charge is 0.139 e. The monoisotopic (exact) mass is 349 g/mol. The van der Waals surface area contributed by atoms with Crippen molar-refractivity contribution in [3.8, 4) is 0 Å². The second-order valence-electron chi connectivity index (χ2n) is 3.56. The van der Waals surface area contributed by atoms with E-state index < -0.39 is 11.6 Å². The SMILES string of the molecule is NCC(Sc1ccc(F)cc1F)c1ccc(Br)s1. The molecule has 18 heavy (non-hydrogen) atoms. The highest BCUT2D eigenvalue weighted by Gasteiger charge is 2.16. The average Bonchev–Trinajstić information content (AvgIpc) is 2.75. The van der Waals surface area contributed by atoms with Gasteiger partial charge >= 0.3 is 0 Å². The van der Waals surface area contributed by atoms with Crippen LogP contribution >= 0.6 is 39.0 Å². The molecule has 1 nitrogen and oxygen atoms in total. The van der Waals surface area contributed by atoms with Gasteiger partial charge in [0.05, 0.1) is 9.04 Å². The van der Waals surface area contributed by atoms with E-state index in [0.29, 0.717) is 11.4 Å². The first kappa shape index (κ1) is 14.0. The highest BCUT2D eigenvalue weighted by atomic mass is 79.9. The van der Waals surface area contributed by atoms with Gasteiger partial charge in [-0.1, -0.05) is 0 Å². The van der Waals surface area contributed by atoms with Crippen LogP contribution in [0.4, 0.5) is 8.78 Å². The average molecular weight is 350 g/mol. The van der Waals surface area contributed by atoms with E-state index in [1.54, 1.807) is 11.3 Å². The predicted molar refractivity (Wildman–Crippen MR) is 76.0 cm³/mol. The quantitative estimate of drug-likeness (QED) is 0.817. The number of halogens is 3. The first-order valence-electron chi connectivity index (χ1n) is 5.17. The van der Waals surface area contributed by atoms with Gasteiger partial charge in [0.2, 0.25) is 0 Å². The molecule has 0 fully saturated rings. The zero-order valence-corrected chi connectivity index (χ0v) is 12.4. The Morgan fingerprint density at radius 1 is 1.28 bits per heavy atom. The van der Waals surface area contributed by atoms with E-state index in [2.05, 4.69) is 15.9 Å². The molecule has 2 aromatic rings. The van der Waals surface area contributed by atoms with Crippen molar-refractivity contribution in [2.75, 3.05) is 6.54 Å². The van der Waals surface area contributed by atoms with E-state index in [4.69, 9.17) is 5.73 Å². The molecule has 0 aliphatic rings. The van der Waals surface area contributed by atoms with Crippen molar-refractivity contribution in [3.05, 3.63) is 50.6 Å². The predicted octanol–water partition coefficient (Wildman–Crippen LogP) is 4.58. The van der Waals surface area contributed by atoms with Gasteiger partial charge in [-0.05, 0) is 40.2 Å². The maximum Gasteiger partial charge on any atom is 0.139 e. The fourth-order valence-electron chi connectivity index (χ4n) is 1.45. The number of nitrogens with two attached hydrogens (primary N) is 1. The molecule has 1 heterocycles. The summed E-state index contributed by atoms with van der Waals surface area (Å²) in [6.07, 6.45) is 0. The molecule has 0 saturated heterocycles. The van der Waals surface area contributed by atoms with E-state index in [1.165, 1.54) is 23.9 Å². The van der Waals surface area contributed by atoms with Crippen molar-refractivity contribution in [1.82, 2.24) is 0 Å². The minimum atomic E-state index is -0.569. The Bertz CT molecular complexity index is 545. The molecular formula is C12H10BrF2NS2. The van der Waals surface area contributed by atoms with Crippen molar-refractivity contribution >= 4 is 39.0 Å². The highest BCUT2D eigenvalue weighted by molar-refractivity contribution is 9.11. The molecule has 0 aliphatic heterocycles. The molecule has 0 saturated carbocycles. The molecule has 0 amide bonds. The zero-order chi connectivity index (χ0) is 13.1. The van der Waals surface area contributed by atoms with Crippen LogP contribution in [-0.2, 0) is 0 Å². The molecule has 96 valence electrons. The fraction of sp³-hybridized carbons (Fsp3) is 0.167. The maximum atomic E-state index is 13.6. The van der Waals surface area contributed by atoms with Crippen LogP contribution in [0.5, 0.6) is 0 Å². The second-order valence-corrected chi connectivity index (χ2v) is 7.30. The first-order valence-corrected chi connectivity index (χ1v) is 7.66. The van der Waals surface area contributed by atoms with Crippen LogP contribution in [0.1, 0.15) is 10.1 Å². The van der Waals surface area contributed by atoms with Crippen LogP contribution < -0.4 is 5.73 Å². The van der Waals surface area contributed by atoms with Gasteiger partial charge in [-0.2, -0.15) is 0 Å². The number of hydrogen-bond donors (Lipinski definition) is 1. The van der Waals surface area contributed by atoms with E-state index in [9.17, 15) is 8.78 Å². The van der Waals surface area contributed by atoms with E-state index in [1.807, 2.05) is 12.1 Å². The summed E-state index contributed by atoms with van der Waals surface area (Å²) >= 11 is 6.27. The maximum absolute atomic E-state index is 13.6. The Hall–Kier alpha value is -0.430. The Balaban J connectivity index is 2.20. The Morgan fingerprint density at radius 2 is 2.06 bits per heavy atom. The van der Waals surface area contributed by atoms with Crippen molar-refractivity contribution in [1.29, 1.82) is 0 Å². The summed E-state index contributed by atoms with van der Waals surface area (Å²) in [6.45, 7) is 0.397. The van der Waals surface area contributed by atoms with Crippen LogP contribution in [-0.4, -0.2) is 6.54 Å². The van der Waals surface area contributed by atoms with Crippen LogP contribution in [0.15, 0.2) is 39.0 Å². The van der Waals surface area contributed by atoms with Crippen molar-refractivity contribution in [2.45, 2.75) is 10.1 Å². The van der Waals surface area contributed by atoms with Crippen molar-refractivity contribution < 1.29 is 8.78 Å². The number of thiophene rings is 1. The molecule has 0 radical (unpaired) electrons. The summed E-state index contributed by atoms with van der Waals surface area (Å²) in [5.41, 5.74) is 5.72. The Morgan fingerprint density at radius 3 is 2.61 bits per heavy atom. The van der Waals surface area contributed by atoms with Gasteiger partial charge in [0.15, 0.2) is 0 Å². The molecule has 1 atom stereocenters. The fourth-order valence-corrected chi connectivity index (χ4v) is 4.07. The molecule has 2 rings (SSSR count). The van der Waals surface area contributed by atoms with Gasteiger partial charge in [0.25, 0.3) is 0 Å². The molecule has 0 aliphatic carbocycles. The van der Waals surface area contributed by atoms with Crippen LogP contribution in [0.25, 0.3) is 0 Å². The third kappa shape index (κ3) is 3.32. The second kappa shape index (κ2) is 6.14. The lowest BCUT2D eigenvalue weighted by molar-refractivity contribution is 0.565. The highest BCUT2D eigenvalue weighted by Crippen LogP contribution is 2.39. The molecule has 1 aromatic carbocycles. The molecular weight excluding hydrogens is 340 g/mol. The number of thioether (sulfide) groups is 1. The Labute approximate surface area is 121 Å². The third-order valence-electron chi connectivity index (χ3n) is 2.29. The zero-order valence-electron chi connectivity index (χ0n) is 9.20. The minimum Gasteiger partial charge on any atom is -0.329 e. The van der Waals surface area contributed by atoms with Gasteiger partial charge in [-0.25, -0.2) is 8.78 Å². The van der Waals surface area contributed by atoms with Crippen molar-refractivity contribution in [3.63, 3.8) is 0 Å². The summed E-state index contributed by atoms with van der Waals surface area (Å²) in [6, 6.07) is 7.48. The van der Waals surface area contributed by atoms with Crippen LogP contribution in [0.3, 0.4) is 0 Å². The molecule has 0 bridgehead atoms. The number of hydrogen-bond acceptors (Lipinski definition) is 3. The molecule has 6 heteroatoms. The summed E-state index contributed by atoms with van der Waals surface area (Å²) in [4.78, 5) is 1.48. The van der Waals surface area contributed by atoms with Crippen LogP contribution in [0, 0.1) is 11.6 Å². The minimum absolute atomic E-state index is 0.0266. The summed E-state index contributed by atoms with van der Waals surface area (Å²) in [5.74, 6) is -1.12. The van der Waals surface area contributed by atoms with Gasteiger partial charge < -0.3 is 5.73 Å². The van der Waals surface area contributed by atoms with E-state index >= 15 is 0 Å². The van der Waals surface area contributed by atoms with Gasteiger partial charge in [0.1, 0.15) is 11.6 Å². The molecule has 2 N–H and O–H groups in total. The number of benzene rings is 1. The lowest BCUT2D eigenvalue weighted by Gasteiger charge is -2.13. The lowest BCUT2D eigenvalue weighted by Crippen LogP contribution is -2.08. The summed E-state index contributed by atoms with van der Waals surface area (Å²) < 4.78 is 27.4. The molecule has 0 spiro atoms. The Kier molecular flexibility index (Phi) is 4.77. The van der Waals surface area contributed by atoms with E-state index in [-0.39, 0.29) is 5.25 Å². The number of rotatable bonds is 4.